The summed E-state index contributed by atoms with van der Waals surface area (Å²) in [5.74, 6) is 0.164. The summed E-state index contributed by atoms with van der Waals surface area (Å²) in [6.07, 6.45) is 2.85. The molecule has 0 atom stereocenters. The standard InChI is InChI=1S/C21H17ClN6O4S3/c1-32-13-5-8-15-16(11-13)34-18(17(15)22)19(29)26-27-21(33)25-12-3-6-14(7-4-12)35(30,31)28-20-23-9-2-10-24-20/h2-11H,1H3,(H,26,29)(H,23,24,28)(H2,25,27,33). The van der Waals surface area contributed by atoms with Crippen LogP contribution in [-0.4, -0.2) is 36.5 Å². The smallest absolute Gasteiger partial charge is 0.281 e. The van der Waals surface area contributed by atoms with Gasteiger partial charge in [-0.25, -0.2) is 23.1 Å². The molecule has 14 heteroatoms. The van der Waals surface area contributed by atoms with Crippen molar-refractivity contribution >= 4 is 77.9 Å². The number of benzene rings is 2. The monoisotopic (exact) mass is 548 g/mol. The zero-order valence-electron chi connectivity index (χ0n) is 17.9. The Labute approximate surface area is 214 Å². The van der Waals surface area contributed by atoms with Crippen LogP contribution in [-0.2, 0) is 10.0 Å². The Bertz CT molecular complexity index is 1500. The average molecular weight is 549 g/mol. The summed E-state index contributed by atoms with van der Waals surface area (Å²) in [6, 6.07) is 12.7. The number of aromatic nitrogens is 2. The number of halogens is 1. The van der Waals surface area contributed by atoms with Crippen LogP contribution in [0, 0.1) is 0 Å². The summed E-state index contributed by atoms with van der Waals surface area (Å²) >= 11 is 12.8. The van der Waals surface area contributed by atoms with Crippen LogP contribution in [0.2, 0.25) is 5.02 Å². The zero-order valence-corrected chi connectivity index (χ0v) is 21.1. The molecule has 2 heterocycles. The van der Waals surface area contributed by atoms with Crippen LogP contribution < -0.4 is 25.6 Å². The van der Waals surface area contributed by atoms with Gasteiger partial charge < -0.3 is 10.1 Å². The Hall–Kier alpha value is -3.52. The summed E-state index contributed by atoms with van der Waals surface area (Å²) in [4.78, 5) is 20.6. The number of nitrogens with one attached hydrogen (secondary N) is 4. The van der Waals surface area contributed by atoms with Crippen molar-refractivity contribution < 1.29 is 17.9 Å². The Morgan fingerprint density at radius 3 is 2.49 bits per heavy atom. The van der Waals surface area contributed by atoms with E-state index in [4.69, 9.17) is 28.6 Å². The number of methoxy groups -OCH3 is 1. The minimum Gasteiger partial charge on any atom is -0.497 e. The van der Waals surface area contributed by atoms with Crippen LogP contribution in [0.1, 0.15) is 9.67 Å². The van der Waals surface area contributed by atoms with Crippen molar-refractivity contribution in [3.05, 3.63) is 70.8 Å². The van der Waals surface area contributed by atoms with Crippen LogP contribution in [0.4, 0.5) is 11.6 Å². The lowest BCUT2D eigenvalue weighted by atomic mass is 10.2. The number of fused-ring (bicyclic) bond motifs is 1. The van der Waals surface area contributed by atoms with Crippen molar-refractivity contribution in [2.45, 2.75) is 4.90 Å². The molecule has 0 saturated heterocycles. The van der Waals surface area contributed by atoms with Crippen molar-refractivity contribution in [1.29, 1.82) is 0 Å². The van der Waals surface area contributed by atoms with Gasteiger partial charge in [-0.15, -0.1) is 11.3 Å². The third kappa shape index (κ3) is 5.77. The lowest BCUT2D eigenvalue weighted by molar-refractivity contribution is 0.0948. The van der Waals surface area contributed by atoms with E-state index in [1.54, 1.807) is 31.4 Å². The van der Waals surface area contributed by atoms with E-state index < -0.39 is 15.9 Å². The Balaban J connectivity index is 1.35. The van der Waals surface area contributed by atoms with Gasteiger partial charge in [-0.2, -0.15) is 0 Å². The van der Waals surface area contributed by atoms with E-state index in [2.05, 4.69) is 30.9 Å². The van der Waals surface area contributed by atoms with Crippen LogP contribution in [0.5, 0.6) is 5.75 Å². The molecule has 2 aromatic carbocycles. The fourth-order valence-corrected chi connectivity index (χ4v) is 5.47. The number of carbonyl (C=O) groups is 1. The maximum absolute atomic E-state index is 12.6. The molecular formula is C21H17ClN6O4S3. The zero-order chi connectivity index (χ0) is 25.0. The Kier molecular flexibility index (Phi) is 7.31. The fraction of sp³-hybridized carbons (Fsp3) is 0.0476. The number of thiocarbonyl (C=S) groups is 1. The third-order valence-electron chi connectivity index (χ3n) is 4.55. The SMILES string of the molecule is COc1ccc2c(Cl)c(C(=O)NNC(=S)Nc3ccc(S(=O)(=O)Nc4ncccn4)cc3)sc2c1. The number of rotatable bonds is 6. The van der Waals surface area contributed by atoms with E-state index in [1.807, 2.05) is 0 Å². The van der Waals surface area contributed by atoms with Gasteiger partial charge in [-0.3, -0.25) is 15.6 Å². The highest BCUT2D eigenvalue weighted by Crippen LogP contribution is 2.37. The van der Waals surface area contributed by atoms with E-state index in [-0.39, 0.29) is 16.0 Å². The molecular weight excluding hydrogens is 532 g/mol. The molecule has 10 nitrogen and oxygen atoms in total. The predicted octanol–water partition coefficient (Wildman–Crippen LogP) is 3.79. The number of ether oxygens (including phenoxy) is 1. The molecule has 0 aliphatic carbocycles. The number of anilines is 2. The van der Waals surface area contributed by atoms with Gasteiger partial charge >= 0.3 is 0 Å². The average Bonchev–Trinajstić information content (AvgIpc) is 3.19. The van der Waals surface area contributed by atoms with Crippen molar-refractivity contribution in [2.75, 3.05) is 17.1 Å². The Morgan fingerprint density at radius 2 is 1.80 bits per heavy atom. The molecule has 0 spiro atoms. The van der Waals surface area contributed by atoms with Crippen LogP contribution in [0.15, 0.2) is 65.8 Å². The number of hydrazine groups is 1. The molecule has 0 fully saturated rings. The molecule has 0 radical (unpaired) electrons. The molecule has 0 bridgehead atoms. The quantitative estimate of drug-likeness (QED) is 0.210. The lowest BCUT2D eigenvalue weighted by Crippen LogP contribution is -2.43. The molecule has 35 heavy (non-hydrogen) atoms. The first-order valence-corrected chi connectivity index (χ1v) is 12.9. The molecule has 0 saturated carbocycles. The molecule has 0 aliphatic heterocycles. The normalized spacial score (nSPS) is 11.0. The lowest BCUT2D eigenvalue weighted by Gasteiger charge is -2.12. The number of thiophene rings is 1. The van der Waals surface area contributed by atoms with Crippen molar-refractivity contribution in [3.8, 4) is 5.75 Å². The van der Waals surface area contributed by atoms with Gasteiger partial charge in [0.1, 0.15) is 10.6 Å². The van der Waals surface area contributed by atoms with E-state index in [0.717, 1.165) is 10.1 Å². The van der Waals surface area contributed by atoms with Gasteiger partial charge in [0.2, 0.25) is 5.95 Å². The maximum Gasteiger partial charge on any atom is 0.281 e. The highest BCUT2D eigenvalue weighted by molar-refractivity contribution is 7.92. The van der Waals surface area contributed by atoms with Crippen LogP contribution >= 0.6 is 35.2 Å². The first kappa shape index (κ1) is 24.6. The summed E-state index contributed by atoms with van der Waals surface area (Å²) in [5.41, 5.74) is 5.59. The number of carbonyl (C=O) groups excluding carboxylic acids is 1. The molecule has 2 aromatic heterocycles. The second kappa shape index (κ2) is 10.4. The summed E-state index contributed by atoms with van der Waals surface area (Å²) in [5, 5.41) is 4.01. The number of hydrogen-bond donors (Lipinski definition) is 4. The second-order valence-electron chi connectivity index (χ2n) is 6.84. The number of sulfonamides is 1. The van der Waals surface area contributed by atoms with E-state index >= 15 is 0 Å². The van der Waals surface area contributed by atoms with Crippen LogP contribution in [0.3, 0.4) is 0 Å². The van der Waals surface area contributed by atoms with E-state index in [0.29, 0.717) is 21.3 Å². The van der Waals surface area contributed by atoms with Gasteiger partial charge in [-0.05, 0) is 60.7 Å². The second-order valence-corrected chi connectivity index (χ2v) is 10.4. The van der Waals surface area contributed by atoms with Gasteiger partial charge in [0.05, 0.1) is 17.0 Å². The van der Waals surface area contributed by atoms with Gasteiger partial charge in [0.25, 0.3) is 15.9 Å². The number of amides is 1. The van der Waals surface area contributed by atoms with E-state index in [9.17, 15) is 13.2 Å². The Morgan fingerprint density at radius 1 is 1.09 bits per heavy atom. The largest absolute Gasteiger partial charge is 0.497 e. The maximum atomic E-state index is 12.6. The predicted molar refractivity (Wildman–Crippen MR) is 139 cm³/mol. The third-order valence-corrected chi connectivity index (χ3v) is 7.75. The first-order valence-electron chi connectivity index (χ1n) is 9.80. The van der Waals surface area contributed by atoms with Crippen LogP contribution in [0.25, 0.3) is 10.1 Å². The molecule has 180 valence electrons. The van der Waals surface area contributed by atoms with Gasteiger partial charge in [0.15, 0.2) is 5.11 Å². The van der Waals surface area contributed by atoms with Crippen molar-refractivity contribution in [3.63, 3.8) is 0 Å². The molecule has 0 unspecified atom stereocenters. The van der Waals surface area contributed by atoms with Crippen molar-refractivity contribution in [2.24, 2.45) is 0 Å². The number of nitrogens with zero attached hydrogens (tertiary/aromatic N) is 2. The van der Waals surface area contributed by atoms with Gasteiger partial charge in [-0.1, -0.05) is 11.6 Å². The van der Waals surface area contributed by atoms with E-state index in [1.165, 1.54) is 48.0 Å². The fourth-order valence-electron chi connectivity index (χ4n) is 2.90. The minimum atomic E-state index is -3.86. The first-order chi connectivity index (χ1) is 16.8. The highest BCUT2D eigenvalue weighted by Gasteiger charge is 2.18. The van der Waals surface area contributed by atoms with Crippen molar-refractivity contribution in [1.82, 2.24) is 20.8 Å². The molecule has 1 amide bonds. The summed E-state index contributed by atoms with van der Waals surface area (Å²) in [6.45, 7) is 0. The molecule has 4 aromatic rings. The molecule has 0 aliphatic rings. The van der Waals surface area contributed by atoms with Gasteiger partial charge in [0, 0.05) is 28.2 Å². The number of hydrogen-bond acceptors (Lipinski definition) is 8. The minimum absolute atomic E-state index is 0.0127. The molecule has 4 N–H and O–H groups in total. The topological polar surface area (TPSA) is 134 Å². The summed E-state index contributed by atoms with van der Waals surface area (Å²) < 4.78 is 33.2. The summed E-state index contributed by atoms with van der Waals surface area (Å²) in [7, 11) is -2.30. The molecule has 4 rings (SSSR count). The highest BCUT2D eigenvalue weighted by atomic mass is 35.5.